The van der Waals surface area contributed by atoms with Gasteiger partial charge in [-0.25, -0.2) is 27.5 Å². The molecule has 6 nitrogen and oxygen atoms in total. The second-order valence-corrected chi connectivity index (χ2v) is 7.87. The van der Waals surface area contributed by atoms with Crippen LogP contribution in [-0.4, -0.2) is 18.0 Å². The topological polar surface area (TPSA) is 95.0 Å². The molecule has 10 heteroatoms. The molecule has 0 unspecified atom stereocenters. The summed E-state index contributed by atoms with van der Waals surface area (Å²) in [4.78, 5) is 15.5. The zero-order valence-electron chi connectivity index (χ0n) is 11.7. The quantitative estimate of drug-likeness (QED) is 0.763. The molecule has 2 N–H and O–H groups in total. The fourth-order valence-electron chi connectivity index (χ4n) is 2.02. The van der Waals surface area contributed by atoms with Crippen molar-refractivity contribution in [1.82, 2.24) is 9.55 Å². The molecule has 0 aliphatic rings. The lowest BCUT2D eigenvalue weighted by Gasteiger charge is -2.06. The zero-order chi connectivity index (χ0) is 16.8. The highest BCUT2D eigenvalue weighted by Gasteiger charge is 2.18. The standard InChI is InChI=1S/C13H10FN3O3S3/c1-7-5-21-12(16-7)17-10(6-22-13(17)18)8-2-3-11(9(14)4-8)23(15,19)20/h2-6H,1H3,(H2,15,19,20). The van der Waals surface area contributed by atoms with Crippen LogP contribution < -0.4 is 10.0 Å². The molecule has 120 valence electrons. The molecule has 0 atom stereocenters. The van der Waals surface area contributed by atoms with Gasteiger partial charge in [-0.05, 0) is 19.1 Å². The number of benzene rings is 1. The van der Waals surface area contributed by atoms with Crippen molar-refractivity contribution >= 4 is 32.7 Å². The molecule has 2 aromatic heterocycles. The number of thiazole rings is 2. The smallest absolute Gasteiger partial charge is 0.256 e. The minimum absolute atomic E-state index is 0.259. The van der Waals surface area contributed by atoms with Crippen LogP contribution in [0.5, 0.6) is 0 Å². The van der Waals surface area contributed by atoms with Crippen molar-refractivity contribution in [1.29, 1.82) is 0 Å². The Kier molecular flexibility index (Phi) is 3.92. The van der Waals surface area contributed by atoms with E-state index in [2.05, 4.69) is 4.98 Å². The highest BCUT2D eigenvalue weighted by atomic mass is 32.2. The maximum atomic E-state index is 14.0. The monoisotopic (exact) mass is 371 g/mol. The molecule has 0 aliphatic heterocycles. The van der Waals surface area contributed by atoms with Crippen LogP contribution in [0.1, 0.15) is 5.69 Å². The van der Waals surface area contributed by atoms with Gasteiger partial charge in [-0.2, -0.15) is 0 Å². The van der Waals surface area contributed by atoms with Gasteiger partial charge < -0.3 is 0 Å². The van der Waals surface area contributed by atoms with Gasteiger partial charge in [0.05, 0.1) is 11.4 Å². The Bertz CT molecular complexity index is 1050. The Morgan fingerprint density at radius 3 is 2.57 bits per heavy atom. The summed E-state index contributed by atoms with van der Waals surface area (Å²) in [5.41, 5.74) is 1.57. The SMILES string of the molecule is Cc1csc(-n2c(-c3ccc(S(N)(=O)=O)c(F)c3)csc2=O)n1. The number of primary sulfonamides is 1. The average Bonchev–Trinajstić information content (AvgIpc) is 3.03. The van der Waals surface area contributed by atoms with Gasteiger partial charge in [0, 0.05) is 16.3 Å². The lowest BCUT2D eigenvalue weighted by molar-refractivity contribution is 0.568. The highest BCUT2D eigenvalue weighted by molar-refractivity contribution is 7.89. The largest absolute Gasteiger partial charge is 0.313 e. The molecule has 3 aromatic rings. The van der Waals surface area contributed by atoms with E-state index < -0.39 is 20.7 Å². The lowest BCUT2D eigenvalue weighted by atomic mass is 10.1. The van der Waals surface area contributed by atoms with Crippen molar-refractivity contribution in [2.45, 2.75) is 11.8 Å². The fourth-order valence-corrected chi connectivity index (χ4v) is 4.23. The first-order valence-corrected chi connectivity index (χ1v) is 9.53. The molecule has 1 aromatic carbocycles. The minimum Gasteiger partial charge on any atom is -0.256 e. The van der Waals surface area contributed by atoms with Gasteiger partial charge in [0.2, 0.25) is 10.0 Å². The van der Waals surface area contributed by atoms with Gasteiger partial charge >= 0.3 is 4.87 Å². The summed E-state index contributed by atoms with van der Waals surface area (Å²) in [6.45, 7) is 1.80. The molecule has 2 heterocycles. The maximum Gasteiger partial charge on any atom is 0.313 e. The van der Waals surface area contributed by atoms with E-state index in [-0.39, 0.29) is 4.87 Å². The highest BCUT2D eigenvalue weighted by Crippen LogP contribution is 2.27. The van der Waals surface area contributed by atoms with Gasteiger partial charge in [0.1, 0.15) is 10.7 Å². The Labute approximate surface area is 138 Å². The number of aromatic nitrogens is 2. The number of hydrogen-bond acceptors (Lipinski definition) is 6. The summed E-state index contributed by atoms with van der Waals surface area (Å²) >= 11 is 2.25. The maximum absolute atomic E-state index is 14.0. The Morgan fingerprint density at radius 1 is 1.26 bits per heavy atom. The molecule has 0 fully saturated rings. The van der Waals surface area contributed by atoms with Gasteiger partial charge in [-0.1, -0.05) is 17.4 Å². The van der Waals surface area contributed by atoms with E-state index in [1.54, 1.807) is 17.7 Å². The predicted molar refractivity (Wildman–Crippen MR) is 87.1 cm³/mol. The van der Waals surface area contributed by atoms with Crippen LogP contribution in [0, 0.1) is 12.7 Å². The van der Waals surface area contributed by atoms with E-state index in [1.165, 1.54) is 22.0 Å². The molecule has 3 rings (SSSR count). The van der Waals surface area contributed by atoms with E-state index in [0.29, 0.717) is 16.4 Å². The van der Waals surface area contributed by atoms with Crippen LogP contribution >= 0.6 is 22.7 Å². The number of halogens is 1. The normalized spacial score (nSPS) is 11.8. The van der Waals surface area contributed by atoms with Crippen molar-refractivity contribution in [3.63, 3.8) is 0 Å². The molecular formula is C13H10FN3O3S3. The van der Waals surface area contributed by atoms with Crippen LogP contribution in [0.4, 0.5) is 4.39 Å². The zero-order valence-corrected chi connectivity index (χ0v) is 14.1. The first-order chi connectivity index (χ1) is 10.8. The number of nitrogens with two attached hydrogens (primary N) is 1. The molecule has 0 spiro atoms. The molecule has 0 saturated carbocycles. The first kappa shape index (κ1) is 16.0. The van der Waals surface area contributed by atoms with Crippen LogP contribution in [0.2, 0.25) is 0 Å². The van der Waals surface area contributed by atoms with Crippen LogP contribution in [0.15, 0.2) is 38.6 Å². The van der Waals surface area contributed by atoms with Gasteiger partial charge in [0.15, 0.2) is 5.13 Å². The molecule has 0 radical (unpaired) electrons. The number of hydrogen-bond donors (Lipinski definition) is 1. The first-order valence-electron chi connectivity index (χ1n) is 6.23. The molecule has 0 amide bonds. The van der Waals surface area contributed by atoms with Gasteiger partial charge in [-0.15, -0.1) is 11.3 Å². The third-order valence-electron chi connectivity index (χ3n) is 3.03. The third kappa shape index (κ3) is 2.98. The second kappa shape index (κ2) is 5.64. The van der Waals surface area contributed by atoms with E-state index in [4.69, 9.17) is 5.14 Å². The van der Waals surface area contributed by atoms with E-state index in [9.17, 15) is 17.6 Å². The minimum atomic E-state index is -4.14. The van der Waals surface area contributed by atoms with Gasteiger partial charge in [-0.3, -0.25) is 4.79 Å². The van der Waals surface area contributed by atoms with Crippen molar-refractivity contribution in [3.05, 3.63) is 50.1 Å². The molecule has 0 aliphatic carbocycles. The van der Waals surface area contributed by atoms with Crippen molar-refractivity contribution < 1.29 is 12.8 Å². The van der Waals surface area contributed by atoms with E-state index >= 15 is 0 Å². The number of aryl methyl sites for hydroxylation is 1. The summed E-state index contributed by atoms with van der Waals surface area (Å²) in [6.07, 6.45) is 0. The van der Waals surface area contributed by atoms with Gasteiger partial charge in [0.25, 0.3) is 0 Å². The summed E-state index contributed by atoms with van der Waals surface area (Å²) in [5, 5.41) is 8.79. The van der Waals surface area contributed by atoms with Crippen molar-refractivity contribution in [2.75, 3.05) is 0 Å². The summed E-state index contributed by atoms with van der Waals surface area (Å²) < 4.78 is 37.9. The number of sulfonamides is 1. The molecule has 0 bridgehead atoms. The second-order valence-electron chi connectivity index (χ2n) is 4.68. The summed E-state index contributed by atoms with van der Waals surface area (Å²) in [6, 6.07) is 3.53. The van der Waals surface area contributed by atoms with Crippen LogP contribution in [0.25, 0.3) is 16.4 Å². The Hall–Kier alpha value is -1.88. The van der Waals surface area contributed by atoms with Crippen molar-refractivity contribution in [3.8, 4) is 16.4 Å². The molecular weight excluding hydrogens is 361 g/mol. The third-order valence-corrected chi connectivity index (χ3v) is 5.64. The Morgan fingerprint density at radius 2 is 2.00 bits per heavy atom. The van der Waals surface area contributed by atoms with E-state index in [0.717, 1.165) is 29.2 Å². The van der Waals surface area contributed by atoms with Crippen LogP contribution in [-0.2, 0) is 10.0 Å². The summed E-state index contributed by atoms with van der Waals surface area (Å²) in [5.74, 6) is -0.967. The van der Waals surface area contributed by atoms with E-state index in [1.807, 2.05) is 0 Å². The summed E-state index contributed by atoms with van der Waals surface area (Å²) in [7, 11) is -4.14. The molecule has 23 heavy (non-hydrogen) atoms. The predicted octanol–water partition coefficient (Wildman–Crippen LogP) is 2.12. The number of nitrogens with zero attached hydrogens (tertiary/aromatic N) is 2. The lowest BCUT2D eigenvalue weighted by Crippen LogP contribution is -2.14. The van der Waals surface area contributed by atoms with Crippen molar-refractivity contribution in [2.24, 2.45) is 5.14 Å². The number of rotatable bonds is 3. The average molecular weight is 371 g/mol. The fraction of sp³-hybridized carbons (Fsp3) is 0.0769. The Balaban J connectivity index is 2.18. The molecule has 0 saturated heterocycles. The van der Waals surface area contributed by atoms with Crippen LogP contribution in [0.3, 0.4) is 0 Å².